The first-order valence-electron chi connectivity index (χ1n) is 7.58. The standard InChI is InChI=1S/C15H20N4OS/c1-10-8-21-15-13(10)14(16-9-17-15)19-6-11-3-2-4-18(11)5-12(19)7-20/h8-9,11-12,20H,2-7H2,1H3/t11-,12+/m0/s1. The van der Waals surface area contributed by atoms with Crippen LogP contribution in [0, 0.1) is 6.92 Å². The summed E-state index contributed by atoms with van der Waals surface area (Å²) in [4.78, 5) is 14.8. The van der Waals surface area contributed by atoms with E-state index in [1.165, 1.54) is 24.9 Å². The summed E-state index contributed by atoms with van der Waals surface area (Å²) in [5.41, 5.74) is 1.23. The van der Waals surface area contributed by atoms with Crippen molar-refractivity contribution in [2.75, 3.05) is 31.1 Å². The number of piperazine rings is 1. The first-order chi connectivity index (χ1) is 10.3. The van der Waals surface area contributed by atoms with E-state index in [0.717, 1.165) is 29.1 Å². The predicted octanol–water partition coefficient (Wildman–Crippen LogP) is 1.65. The van der Waals surface area contributed by atoms with Crippen LogP contribution < -0.4 is 4.90 Å². The molecule has 0 amide bonds. The van der Waals surface area contributed by atoms with Gasteiger partial charge in [-0.2, -0.15) is 0 Å². The molecule has 2 aliphatic heterocycles. The van der Waals surface area contributed by atoms with Crippen molar-refractivity contribution < 1.29 is 5.11 Å². The summed E-state index contributed by atoms with van der Waals surface area (Å²) in [7, 11) is 0. The Balaban J connectivity index is 1.77. The highest BCUT2D eigenvalue weighted by Gasteiger charge is 2.37. The molecule has 0 saturated carbocycles. The SMILES string of the molecule is Cc1csc2ncnc(N3C[C@@H]4CCCN4C[C@@H]3CO)c12. The minimum atomic E-state index is 0.136. The second-order valence-electron chi connectivity index (χ2n) is 6.08. The van der Waals surface area contributed by atoms with Gasteiger partial charge in [-0.05, 0) is 37.3 Å². The Morgan fingerprint density at radius 1 is 1.38 bits per heavy atom. The number of thiophene rings is 1. The summed E-state index contributed by atoms with van der Waals surface area (Å²) in [6.07, 6.45) is 4.18. The van der Waals surface area contributed by atoms with Crippen molar-refractivity contribution in [1.82, 2.24) is 14.9 Å². The molecule has 0 unspecified atom stereocenters. The molecule has 112 valence electrons. The van der Waals surface area contributed by atoms with Gasteiger partial charge in [0.2, 0.25) is 0 Å². The van der Waals surface area contributed by atoms with E-state index in [-0.39, 0.29) is 12.6 Å². The van der Waals surface area contributed by atoms with Crippen LogP contribution in [0.3, 0.4) is 0 Å². The summed E-state index contributed by atoms with van der Waals surface area (Å²) in [5, 5.41) is 13.1. The van der Waals surface area contributed by atoms with Crippen molar-refractivity contribution in [2.24, 2.45) is 0 Å². The van der Waals surface area contributed by atoms with E-state index in [2.05, 4.69) is 32.1 Å². The van der Waals surface area contributed by atoms with Gasteiger partial charge in [0.15, 0.2) is 0 Å². The van der Waals surface area contributed by atoms with Gasteiger partial charge in [-0.3, -0.25) is 4.90 Å². The molecule has 4 heterocycles. The molecular weight excluding hydrogens is 284 g/mol. The molecule has 2 aliphatic rings. The third kappa shape index (κ3) is 2.13. The van der Waals surface area contributed by atoms with Crippen LogP contribution >= 0.6 is 11.3 Å². The van der Waals surface area contributed by atoms with Gasteiger partial charge >= 0.3 is 0 Å². The lowest BCUT2D eigenvalue weighted by molar-refractivity contribution is 0.152. The second kappa shape index (κ2) is 5.19. The van der Waals surface area contributed by atoms with Crippen LogP contribution in [0.25, 0.3) is 10.2 Å². The third-order valence-corrected chi connectivity index (χ3v) is 5.81. The lowest BCUT2D eigenvalue weighted by atomic mass is 10.1. The van der Waals surface area contributed by atoms with Crippen molar-refractivity contribution in [2.45, 2.75) is 31.8 Å². The van der Waals surface area contributed by atoms with Crippen molar-refractivity contribution in [3.63, 3.8) is 0 Å². The van der Waals surface area contributed by atoms with E-state index in [1.54, 1.807) is 17.7 Å². The fourth-order valence-corrected chi connectivity index (χ4v) is 4.60. The van der Waals surface area contributed by atoms with Gasteiger partial charge in [-0.25, -0.2) is 9.97 Å². The number of aliphatic hydroxyl groups excluding tert-OH is 1. The largest absolute Gasteiger partial charge is 0.394 e. The zero-order chi connectivity index (χ0) is 14.4. The van der Waals surface area contributed by atoms with Gasteiger partial charge in [-0.15, -0.1) is 11.3 Å². The van der Waals surface area contributed by atoms with E-state index in [4.69, 9.17) is 0 Å². The van der Waals surface area contributed by atoms with Crippen LogP contribution in [0.2, 0.25) is 0 Å². The lowest BCUT2D eigenvalue weighted by Crippen LogP contribution is -2.57. The smallest absolute Gasteiger partial charge is 0.141 e. The molecule has 0 bridgehead atoms. The summed E-state index contributed by atoms with van der Waals surface area (Å²) in [6, 6.07) is 0.744. The van der Waals surface area contributed by atoms with Crippen molar-refractivity contribution >= 4 is 27.4 Å². The summed E-state index contributed by atoms with van der Waals surface area (Å²) in [6.45, 7) is 5.37. The highest BCUT2D eigenvalue weighted by molar-refractivity contribution is 7.17. The molecule has 0 radical (unpaired) electrons. The van der Waals surface area contributed by atoms with Crippen LogP contribution in [0.5, 0.6) is 0 Å². The molecule has 0 aliphatic carbocycles. The number of fused-ring (bicyclic) bond motifs is 2. The topological polar surface area (TPSA) is 52.5 Å². The predicted molar refractivity (Wildman–Crippen MR) is 85.0 cm³/mol. The maximum atomic E-state index is 9.83. The molecule has 2 aromatic heterocycles. The molecule has 1 N–H and O–H groups in total. The average molecular weight is 304 g/mol. The highest BCUT2D eigenvalue weighted by Crippen LogP contribution is 2.34. The van der Waals surface area contributed by atoms with Crippen LogP contribution in [0.4, 0.5) is 5.82 Å². The fraction of sp³-hybridized carbons (Fsp3) is 0.600. The van der Waals surface area contributed by atoms with Crippen LogP contribution in [0.15, 0.2) is 11.7 Å². The third-order valence-electron chi connectivity index (χ3n) is 4.81. The number of hydrogen-bond donors (Lipinski definition) is 1. The number of aliphatic hydroxyl groups is 1. The number of nitrogens with zero attached hydrogens (tertiary/aromatic N) is 4. The Morgan fingerprint density at radius 3 is 3.14 bits per heavy atom. The van der Waals surface area contributed by atoms with E-state index in [1.807, 2.05) is 0 Å². The monoisotopic (exact) mass is 304 g/mol. The number of rotatable bonds is 2. The number of anilines is 1. The van der Waals surface area contributed by atoms with Crippen LogP contribution in [-0.4, -0.2) is 58.3 Å². The van der Waals surface area contributed by atoms with Gasteiger partial charge in [0, 0.05) is 19.1 Å². The van der Waals surface area contributed by atoms with Gasteiger partial charge in [0.25, 0.3) is 0 Å². The maximum Gasteiger partial charge on any atom is 0.141 e. The molecule has 0 aromatic carbocycles. The average Bonchev–Trinajstić information content (AvgIpc) is 3.12. The second-order valence-corrected chi connectivity index (χ2v) is 6.93. The zero-order valence-corrected chi connectivity index (χ0v) is 13.0. The maximum absolute atomic E-state index is 9.83. The van der Waals surface area contributed by atoms with Gasteiger partial charge in [-0.1, -0.05) is 0 Å². The Labute approximate surface area is 128 Å². The van der Waals surface area contributed by atoms with Gasteiger partial charge in [0.1, 0.15) is 17.0 Å². The number of hydrogen-bond acceptors (Lipinski definition) is 6. The molecule has 2 fully saturated rings. The Kier molecular flexibility index (Phi) is 3.32. The molecule has 2 atom stereocenters. The quantitative estimate of drug-likeness (QED) is 0.914. The summed E-state index contributed by atoms with van der Waals surface area (Å²) in [5.74, 6) is 1.00. The van der Waals surface area contributed by atoms with Crippen LogP contribution in [0.1, 0.15) is 18.4 Å². The molecule has 5 nitrogen and oxygen atoms in total. The first-order valence-corrected chi connectivity index (χ1v) is 8.46. The van der Waals surface area contributed by atoms with Gasteiger partial charge in [0.05, 0.1) is 18.0 Å². The minimum Gasteiger partial charge on any atom is -0.394 e. The van der Waals surface area contributed by atoms with Crippen molar-refractivity contribution in [1.29, 1.82) is 0 Å². The number of aromatic nitrogens is 2. The van der Waals surface area contributed by atoms with E-state index < -0.39 is 0 Å². The molecule has 4 rings (SSSR count). The molecule has 21 heavy (non-hydrogen) atoms. The van der Waals surface area contributed by atoms with E-state index in [0.29, 0.717) is 6.04 Å². The normalized spacial score (nSPS) is 26.5. The number of aryl methyl sites for hydroxylation is 1. The summed E-state index contributed by atoms with van der Waals surface area (Å²) < 4.78 is 0. The Bertz CT molecular complexity index is 658. The van der Waals surface area contributed by atoms with Gasteiger partial charge < -0.3 is 10.0 Å². The highest BCUT2D eigenvalue weighted by atomic mass is 32.1. The molecular formula is C15H20N4OS. The Hall–Kier alpha value is -1.24. The first kappa shape index (κ1) is 13.4. The zero-order valence-electron chi connectivity index (χ0n) is 12.2. The van der Waals surface area contributed by atoms with E-state index in [9.17, 15) is 5.11 Å². The molecule has 0 spiro atoms. The molecule has 6 heteroatoms. The minimum absolute atomic E-state index is 0.136. The summed E-state index contributed by atoms with van der Waals surface area (Å²) >= 11 is 1.67. The fourth-order valence-electron chi connectivity index (χ4n) is 3.72. The van der Waals surface area contributed by atoms with Crippen molar-refractivity contribution in [3.8, 4) is 0 Å². The molecule has 2 saturated heterocycles. The molecule has 2 aromatic rings. The van der Waals surface area contributed by atoms with Crippen molar-refractivity contribution in [3.05, 3.63) is 17.3 Å². The van der Waals surface area contributed by atoms with E-state index >= 15 is 0 Å². The lowest BCUT2D eigenvalue weighted by Gasteiger charge is -2.43. The Morgan fingerprint density at radius 2 is 2.29 bits per heavy atom. The van der Waals surface area contributed by atoms with Crippen LogP contribution in [-0.2, 0) is 0 Å².